The number of unbranched alkanes of at least 4 members (excludes halogenated alkanes) is 1. The van der Waals surface area contributed by atoms with Crippen molar-refractivity contribution in [1.82, 2.24) is 13.9 Å². The van der Waals surface area contributed by atoms with Crippen LogP contribution >= 0.6 is 0 Å². The van der Waals surface area contributed by atoms with Gasteiger partial charge in [0.2, 0.25) is 20.0 Å². The highest BCUT2D eigenvalue weighted by atomic mass is 32.2. The van der Waals surface area contributed by atoms with Gasteiger partial charge in [-0.1, -0.05) is 24.3 Å². The predicted molar refractivity (Wildman–Crippen MR) is 170 cm³/mol. The zero-order valence-corrected chi connectivity index (χ0v) is 28.0. The molecule has 1 amide bonds. The van der Waals surface area contributed by atoms with Crippen molar-refractivity contribution >= 4 is 37.5 Å². The molecule has 18 heteroatoms. The van der Waals surface area contributed by atoms with E-state index in [0.717, 1.165) is 32.9 Å². The van der Waals surface area contributed by atoms with Crippen molar-refractivity contribution in [2.24, 2.45) is 5.73 Å². The van der Waals surface area contributed by atoms with E-state index in [1.165, 1.54) is 24.3 Å². The van der Waals surface area contributed by atoms with Crippen LogP contribution in [0.4, 0.5) is 16.2 Å². The number of hydrogen-bond acceptors (Lipinski definition) is 11. The van der Waals surface area contributed by atoms with Crippen molar-refractivity contribution in [2.45, 2.75) is 74.8 Å². The van der Waals surface area contributed by atoms with E-state index in [4.69, 9.17) is 10.5 Å². The molecule has 0 spiro atoms. The molecule has 1 unspecified atom stereocenters. The maximum absolute atomic E-state index is 13.8. The average Bonchev–Trinajstić information content (AvgIpc) is 2.97. The van der Waals surface area contributed by atoms with Gasteiger partial charge in [0.25, 0.3) is 11.4 Å². The number of alkyl carbamates (subject to hydrolysis) is 1. The molecular weight excluding hydrogens is 644 g/mol. The molecule has 0 aliphatic carbocycles. The van der Waals surface area contributed by atoms with Gasteiger partial charge in [0.15, 0.2) is 9.79 Å². The number of nitrogens with two attached hydrogens (primary N) is 1. The van der Waals surface area contributed by atoms with Crippen molar-refractivity contribution < 1.29 is 36.2 Å². The van der Waals surface area contributed by atoms with Crippen molar-refractivity contribution in [2.75, 3.05) is 32.7 Å². The number of rotatable bonds is 18. The van der Waals surface area contributed by atoms with Crippen LogP contribution in [-0.2, 0) is 24.8 Å². The quantitative estimate of drug-likeness (QED) is 0.131. The number of carbonyl (C=O) groups is 1. The molecule has 0 heterocycles. The van der Waals surface area contributed by atoms with Crippen LogP contribution in [-0.4, -0.2) is 85.8 Å². The Morgan fingerprint density at radius 2 is 1.39 bits per heavy atom. The number of nitrogens with zero attached hydrogens (tertiary/aromatic N) is 4. The summed E-state index contributed by atoms with van der Waals surface area (Å²) in [4.78, 5) is 32.7. The second kappa shape index (κ2) is 16.7. The first kappa shape index (κ1) is 38.5. The van der Waals surface area contributed by atoms with Gasteiger partial charge in [-0.3, -0.25) is 20.2 Å². The summed E-state index contributed by atoms with van der Waals surface area (Å²) in [5, 5.41) is 25.9. The summed E-state index contributed by atoms with van der Waals surface area (Å²) in [6.07, 6.45) is 0.139. The minimum atomic E-state index is -4.48. The number of amides is 1. The molecule has 46 heavy (non-hydrogen) atoms. The van der Waals surface area contributed by atoms with Crippen LogP contribution in [0.25, 0.3) is 0 Å². The van der Waals surface area contributed by atoms with Crippen LogP contribution in [0.3, 0.4) is 0 Å². The lowest BCUT2D eigenvalue weighted by atomic mass is 10.2. The van der Waals surface area contributed by atoms with Gasteiger partial charge in [-0.2, -0.15) is 8.61 Å². The van der Waals surface area contributed by atoms with Gasteiger partial charge in [0.05, 0.1) is 9.85 Å². The summed E-state index contributed by atoms with van der Waals surface area (Å²) in [5.74, 6) is 0. The Kier molecular flexibility index (Phi) is 14.0. The highest BCUT2D eigenvalue weighted by molar-refractivity contribution is 7.89. The second-order valence-corrected chi connectivity index (χ2v) is 15.2. The Morgan fingerprint density at radius 1 is 0.870 bits per heavy atom. The number of para-hydroxylation sites is 2. The third kappa shape index (κ3) is 10.7. The van der Waals surface area contributed by atoms with Crippen molar-refractivity contribution in [3.05, 3.63) is 68.8 Å². The summed E-state index contributed by atoms with van der Waals surface area (Å²) in [6, 6.07) is 8.95. The van der Waals surface area contributed by atoms with Gasteiger partial charge < -0.3 is 15.8 Å². The number of ether oxygens (including phenoxy) is 1. The first-order valence-electron chi connectivity index (χ1n) is 14.6. The van der Waals surface area contributed by atoms with E-state index in [1.807, 2.05) is 0 Å². The van der Waals surface area contributed by atoms with Gasteiger partial charge in [0.1, 0.15) is 5.60 Å². The maximum Gasteiger partial charge on any atom is 0.407 e. The minimum Gasteiger partial charge on any atom is -0.444 e. The molecule has 0 aliphatic rings. The first-order chi connectivity index (χ1) is 21.4. The van der Waals surface area contributed by atoms with Crippen molar-refractivity contribution in [1.29, 1.82) is 0 Å². The first-order valence-corrected chi connectivity index (χ1v) is 17.5. The molecule has 2 rings (SSSR count). The van der Waals surface area contributed by atoms with Crippen molar-refractivity contribution in [3.63, 3.8) is 0 Å². The fourth-order valence-corrected chi connectivity index (χ4v) is 8.00. The van der Waals surface area contributed by atoms with E-state index in [0.29, 0.717) is 12.8 Å². The Bertz CT molecular complexity index is 1580. The van der Waals surface area contributed by atoms with Gasteiger partial charge in [-0.05, 0) is 72.1 Å². The van der Waals surface area contributed by atoms with Crippen LogP contribution in [0.15, 0.2) is 58.3 Å². The van der Waals surface area contributed by atoms with E-state index >= 15 is 0 Å². The monoisotopic (exact) mass is 686 g/mol. The largest absolute Gasteiger partial charge is 0.444 e. The summed E-state index contributed by atoms with van der Waals surface area (Å²) in [7, 11) is -8.90. The van der Waals surface area contributed by atoms with E-state index < -0.39 is 68.8 Å². The lowest BCUT2D eigenvalue weighted by Gasteiger charge is -2.30. The van der Waals surface area contributed by atoms with Gasteiger partial charge in [0, 0.05) is 44.4 Å². The van der Waals surface area contributed by atoms with E-state index in [1.54, 1.807) is 27.7 Å². The Hall–Kier alpha value is -3.71. The predicted octanol–water partition coefficient (Wildman–Crippen LogP) is 3.62. The number of benzene rings is 2. The Morgan fingerprint density at radius 3 is 1.89 bits per heavy atom. The topological polar surface area (TPSA) is 225 Å². The van der Waals surface area contributed by atoms with E-state index in [9.17, 15) is 41.9 Å². The van der Waals surface area contributed by atoms with Crippen LogP contribution in [0.2, 0.25) is 0 Å². The molecular formula is C28H42N6O10S2. The second-order valence-electron chi connectivity index (χ2n) is 11.4. The van der Waals surface area contributed by atoms with E-state index in [2.05, 4.69) is 5.32 Å². The molecule has 0 fully saturated rings. The molecule has 0 aromatic heterocycles. The molecule has 2 aromatic carbocycles. The molecule has 2 aromatic rings. The molecule has 16 nitrogen and oxygen atoms in total. The molecule has 0 bridgehead atoms. The zero-order chi connectivity index (χ0) is 34.7. The normalized spacial score (nSPS) is 13.0. The molecule has 0 aliphatic heterocycles. The third-order valence-electron chi connectivity index (χ3n) is 6.70. The third-order valence-corrected chi connectivity index (χ3v) is 10.7. The van der Waals surface area contributed by atoms with Gasteiger partial charge in [-0.15, -0.1) is 0 Å². The summed E-state index contributed by atoms with van der Waals surface area (Å²) < 4.78 is 62.4. The van der Waals surface area contributed by atoms with Crippen LogP contribution in [0, 0.1) is 20.2 Å². The summed E-state index contributed by atoms with van der Waals surface area (Å²) in [5.41, 5.74) is 3.62. The van der Waals surface area contributed by atoms with Crippen LogP contribution < -0.4 is 11.1 Å². The standard InChI is InChI=1S/C28H42N6O10S2/c1-22(32(20-10-9-17-29)46(42,43)26-15-8-6-13-24(26)34(38)39)16-21-31(19-11-18-30-27(35)44-28(2,3)4)45(40,41)25-14-7-5-12-23(25)33(36)37/h5-8,12-15,22H,9-11,16-21,29H2,1-4H3,(H,30,35). The maximum atomic E-state index is 13.8. The fourth-order valence-electron chi connectivity index (χ4n) is 4.49. The molecule has 0 saturated carbocycles. The number of nitro benzene ring substituents is 2. The fraction of sp³-hybridized carbons (Fsp3) is 0.536. The van der Waals surface area contributed by atoms with Crippen molar-refractivity contribution in [3.8, 4) is 0 Å². The molecule has 3 N–H and O–H groups in total. The number of carbonyl (C=O) groups excluding carboxylic acids is 1. The highest BCUT2D eigenvalue weighted by Crippen LogP contribution is 2.30. The molecule has 1 atom stereocenters. The molecule has 0 saturated heterocycles. The highest BCUT2D eigenvalue weighted by Gasteiger charge is 2.36. The minimum absolute atomic E-state index is 0.0185. The number of sulfonamides is 2. The molecule has 0 radical (unpaired) electrons. The average molecular weight is 687 g/mol. The summed E-state index contributed by atoms with van der Waals surface area (Å²) >= 11 is 0. The van der Waals surface area contributed by atoms with Crippen LogP contribution in [0.5, 0.6) is 0 Å². The zero-order valence-electron chi connectivity index (χ0n) is 26.3. The number of nitrogens with one attached hydrogen (secondary N) is 1. The smallest absolute Gasteiger partial charge is 0.407 e. The number of nitro groups is 2. The Balaban J connectivity index is 2.40. The lowest BCUT2D eigenvalue weighted by molar-refractivity contribution is -0.388. The number of hydrogen-bond donors (Lipinski definition) is 2. The molecule has 256 valence electrons. The van der Waals surface area contributed by atoms with Crippen LogP contribution in [0.1, 0.15) is 53.4 Å². The summed E-state index contributed by atoms with van der Waals surface area (Å²) in [6.45, 7) is 6.43. The Labute approximate surface area is 269 Å². The van der Waals surface area contributed by atoms with E-state index in [-0.39, 0.29) is 45.6 Å². The lowest BCUT2D eigenvalue weighted by Crippen LogP contribution is -2.43. The van der Waals surface area contributed by atoms with Gasteiger partial charge >= 0.3 is 6.09 Å². The van der Waals surface area contributed by atoms with Gasteiger partial charge in [-0.25, -0.2) is 21.6 Å². The SMILES string of the molecule is CC(CCN(CCCNC(=O)OC(C)(C)C)S(=O)(=O)c1ccccc1[N+](=O)[O-])N(CCCCN)S(=O)(=O)c1ccccc1[N+](=O)[O-].